The predicted octanol–water partition coefficient (Wildman–Crippen LogP) is 6.51. The number of carbonyl (C=O) groups excluding carboxylic acids is 1. The van der Waals surface area contributed by atoms with Gasteiger partial charge in [0.1, 0.15) is 11.6 Å². The number of esters is 1. The first-order valence-corrected chi connectivity index (χ1v) is 15.5. The number of carbonyl (C=O) groups is 1. The third-order valence-corrected chi connectivity index (χ3v) is 9.24. The zero-order valence-electron chi connectivity index (χ0n) is 24.9. The van der Waals surface area contributed by atoms with Crippen molar-refractivity contribution in [3.63, 3.8) is 0 Å². The molecule has 0 saturated carbocycles. The van der Waals surface area contributed by atoms with Crippen LogP contribution in [-0.2, 0) is 29.0 Å². The Balaban J connectivity index is 1.05. The van der Waals surface area contributed by atoms with Crippen molar-refractivity contribution in [2.24, 2.45) is 0 Å². The maximum atomic E-state index is 14.6. The quantitative estimate of drug-likeness (QED) is 0.208. The molecule has 0 spiro atoms. The summed E-state index contributed by atoms with van der Waals surface area (Å²) in [5.74, 6) is 0.994. The van der Waals surface area contributed by atoms with E-state index in [9.17, 15) is 9.18 Å². The van der Waals surface area contributed by atoms with Crippen molar-refractivity contribution in [1.82, 2.24) is 14.5 Å². The molecule has 0 N–H and O–H groups in total. The second-order valence-corrected chi connectivity index (χ2v) is 12.5. The summed E-state index contributed by atoms with van der Waals surface area (Å²) in [6.07, 6.45) is 3.35. The lowest BCUT2D eigenvalue weighted by Crippen LogP contribution is -2.37. The molecule has 7 rings (SSSR count). The molecule has 0 amide bonds. The molecule has 3 aromatic carbocycles. The molecule has 4 aromatic rings. The fourth-order valence-corrected chi connectivity index (χ4v) is 6.73. The third kappa shape index (κ3) is 5.64. The third-order valence-electron chi connectivity index (χ3n) is 9.00. The second-order valence-electron chi connectivity index (χ2n) is 12.1. The summed E-state index contributed by atoms with van der Waals surface area (Å²) in [5, 5.41) is 0.360. The summed E-state index contributed by atoms with van der Waals surface area (Å²) in [4.78, 5) is 19.6. The van der Waals surface area contributed by atoms with Gasteiger partial charge in [-0.05, 0) is 80.2 Å². The summed E-state index contributed by atoms with van der Waals surface area (Å²) in [7, 11) is 1.39. The summed E-state index contributed by atoms with van der Waals surface area (Å²) in [6, 6.07) is 16.2. The topological polar surface area (TPSA) is 75.0 Å². The van der Waals surface area contributed by atoms with E-state index in [-0.39, 0.29) is 24.3 Å². The van der Waals surface area contributed by atoms with Gasteiger partial charge < -0.3 is 23.5 Å². The molecule has 1 aromatic heterocycles. The monoisotopic (exact) mass is 619 g/mol. The molecule has 10 heteroatoms. The number of methoxy groups -OCH3 is 1. The standard InChI is InChI=1S/C34H35ClFN3O5/c1-34(18-23-6-8-24(35)17-27(23)36)43-30-5-3-4-26(32(30)44-34)21-10-13-38(14-11-21)20-31-37-28-9-7-22(33(40)41-2)16-29(28)39(31)19-25-12-15-42-25/h3-9,16-17,21,25H,10-15,18-20H2,1-2H3/t25-,34?/m0/s1. The van der Waals surface area contributed by atoms with Gasteiger partial charge in [-0.15, -0.1) is 0 Å². The Labute approximate surface area is 260 Å². The van der Waals surface area contributed by atoms with Crippen LogP contribution in [0.3, 0.4) is 0 Å². The van der Waals surface area contributed by atoms with Crippen LogP contribution in [0.15, 0.2) is 54.6 Å². The van der Waals surface area contributed by atoms with E-state index >= 15 is 0 Å². The van der Waals surface area contributed by atoms with Crippen LogP contribution in [-0.4, -0.2) is 59.1 Å². The largest absolute Gasteiger partial charge is 0.465 e. The number of nitrogens with zero attached hydrogens (tertiary/aromatic N) is 3. The van der Waals surface area contributed by atoms with Gasteiger partial charge in [0.15, 0.2) is 11.5 Å². The van der Waals surface area contributed by atoms with E-state index in [4.69, 9.17) is 35.5 Å². The van der Waals surface area contributed by atoms with E-state index in [1.54, 1.807) is 18.2 Å². The number of ether oxygens (including phenoxy) is 4. The van der Waals surface area contributed by atoms with E-state index in [2.05, 4.69) is 15.5 Å². The van der Waals surface area contributed by atoms with Crippen LogP contribution < -0.4 is 9.47 Å². The lowest BCUT2D eigenvalue weighted by atomic mass is 9.88. The normalized spacial score (nSPS) is 21.9. The molecular weight excluding hydrogens is 585 g/mol. The lowest BCUT2D eigenvalue weighted by Gasteiger charge is -2.33. The highest BCUT2D eigenvalue weighted by atomic mass is 35.5. The van der Waals surface area contributed by atoms with Crippen LogP contribution in [0.25, 0.3) is 11.0 Å². The number of aromatic nitrogens is 2. The Morgan fingerprint density at radius 3 is 2.66 bits per heavy atom. The van der Waals surface area contributed by atoms with Crippen LogP contribution in [0.1, 0.15) is 59.4 Å². The average Bonchev–Trinajstić information content (AvgIpc) is 3.52. The molecule has 230 valence electrons. The minimum absolute atomic E-state index is 0.155. The lowest BCUT2D eigenvalue weighted by molar-refractivity contribution is -0.0615. The Kier molecular flexibility index (Phi) is 7.72. The maximum Gasteiger partial charge on any atom is 0.337 e. The summed E-state index contributed by atoms with van der Waals surface area (Å²) >= 11 is 5.95. The maximum absolute atomic E-state index is 14.6. The first kappa shape index (κ1) is 29.1. The van der Waals surface area contributed by atoms with E-state index in [1.165, 1.54) is 13.2 Å². The van der Waals surface area contributed by atoms with Gasteiger partial charge in [-0.1, -0.05) is 29.8 Å². The van der Waals surface area contributed by atoms with Crippen molar-refractivity contribution in [3.05, 3.63) is 88.0 Å². The SMILES string of the molecule is COC(=O)c1ccc2nc(CN3CCC(c4cccc5c4OC(C)(Cc4ccc(Cl)cc4F)O5)CC3)n(C[C@@H]3CCO3)c2c1. The summed E-state index contributed by atoms with van der Waals surface area (Å²) in [5.41, 5.74) is 3.93. The molecule has 2 saturated heterocycles. The first-order valence-electron chi connectivity index (χ1n) is 15.1. The zero-order valence-corrected chi connectivity index (χ0v) is 25.6. The van der Waals surface area contributed by atoms with Crippen LogP contribution in [0, 0.1) is 5.82 Å². The second kappa shape index (κ2) is 11.7. The van der Waals surface area contributed by atoms with Crippen molar-refractivity contribution < 1.29 is 28.1 Å². The van der Waals surface area contributed by atoms with Crippen molar-refractivity contribution >= 4 is 28.6 Å². The molecule has 3 aliphatic heterocycles. The molecule has 2 atom stereocenters. The molecule has 0 radical (unpaired) electrons. The van der Waals surface area contributed by atoms with Gasteiger partial charge in [0.25, 0.3) is 5.79 Å². The van der Waals surface area contributed by atoms with E-state index in [0.29, 0.717) is 40.9 Å². The van der Waals surface area contributed by atoms with E-state index in [0.717, 1.165) is 67.1 Å². The van der Waals surface area contributed by atoms with Crippen molar-refractivity contribution in [2.45, 2.75) is 63.5 Å². The number of para-hydroxylation sites is 1. The van der Waals surface area contributed by atoms with Crippen LogP contribution >= 0.6 is 11.6 Å². The Morgan fingerprint density at radius 1 is 1.11 bits per heavy atom. The molecular formula is C34H35ClFN3O5. The smallest absolute Gasteiger partial charge is 0.337 e. The molecule has 4 heterocycles. The zero-order chi connectivity index (χ0) is 30.4. The van der Waals surface area contributed by atoms with Gasteiger partial charge in [-0.25, -0.2) is 14.2 Å². The average molecular weight is 620 g/mol. The predicted molar refractivity (Wildman–Crippen MR) is 164 cm³/mol. The molecule has 8 nitrogen and oxygen atoms in total. The van der Waals surface area contributed by atoms with Crippen LogP contribution in [0.4, 0.5) is 4.39 Å². The first-order chi connectivity index (χ1) is 21.3. The number of likely N-dealkylation sites (tertiary alicyclic amines) is 1. The van der Waals surface area contributed by atoms with Crippen molar-refractivity contribution in [2.75, 3.05) is 26.8 Å². The van der Waals surface area contributed by atoms with Gasteiger partial charge >= 0.3 is 5.97 Å². The molecule has 3 aliphatic rings. The number of rotatable bonds is 8. The van der Waals surface area contributed by atoms with E-state index in [1.807, 2.05) is 31.2 Å². The Bertz CT molecular complexity index is 1710. The molecule has 1 unspecified atom stereocenters. The highest BCUT2D eigenvalue weighted by Gasteiger charge is 2.40. The number of piperidine rings is 1. The number of fused-ring (bicyclic) bond motifs is 2. The van der Waals surface area contributed by atoms with Crippen molar-refractivity contribution in [1.29, 1.82) is 0 Å². The minimum Gasteiger partial charge on any atom is -0.465 e. The molecule has 2 fully saturated rings. The van der Waals surface area contributed by atoms with E-state index < -0.39 is 5.79 Å². The highest BCUT2D eigenvalue weighted by Crippen LogP contribution is 2.47. The minimum atomic E-state index is -1.01. The number of halogens is 2. The van der Waals surface area contributed by atoms with Crippen LogP contribution in [0.5, 0.6) is 11.5 Å². The number of hydrogen-bond donors (Lipinski definition) is 0. The Hall–Kier alpha value is -3.66. The van der Waals surface area contributed by atoms with Gasteiger partial charge in [0.2, 0.25) is 0 Å². The number of hydrogen-bond acceptors (Lipinski definition) is 7. The Morgan fingerprint density at radius 2 is 1.93 bits per heavy atom. The van der Waals surface area contributed by atoms with Gasteiger partial charge in [-0.2, -0.15) is 0 Å². The van der Waals surface area contributed by atoms with Gasteiger partial charge in [0.05, 0.1) is 49.3 Å². The fourth-order valence-electron chi connectivity index (χ4n) is 6.57. The highest BCUT2D eigenvalue weighted by molar-refractivity contribution is 6.30. The van der Waals surface area contributed by atoms with Crippen LogP contribution in [0.2, 0.25) is 5.02 Å². The molecule has 0 aliphatic carbocycles. The number of imidazole rings is 1. The van der Waals surface area contributed by atoms with Crippen molar-refractivity contribution in [3.8, 4) is 11.5 Å². The van der Waals surface area contributed by atoms with Gasteiger partial charge in [-0.3, -0.25) is 4.90 Å². The fraction of sp³-hybridized carbons (Fsp3) is 0.412. The summed E-state index contributed by atoms with van der Waals surface area (Å²) in [6.45, 7) is 5.85. The molecule has 44 heavy (non-hydrogen) atoms. The molecule has 0 bridgehead atoms. The summed E-state index contributed by atoms with van der Waals surface area (Å²) < 4.78 is 40.2. The number of benzene rings is 3. The van der Waals surface area contributed by atoms with Gasteiger partial charge in [0, 0.05) is 24.1 Å².